The van der Waals surface area contributed by atoms with E-state index in [9.17, 15) is 0 Å². The summed E-state index contributed by atoms with van der Waals surface area (Å²) >= 11 is 0. The number of rotatable bonds is 25. The molecule has 0 amide bonds. The smallest absolute Gasteiger partial charge is 0.0162 e. The molecule has 8 fully saturated rings. The van der Waals surface area contributed by atoms with Gasteiger partial charge in [-0.3, -0.25) is 0 Å². The van der Waals surface area contributed by atoms with Crippen LogP contribution in [0.1, 0.15) is 409 Å². The summed E-state index contributed by atoms with van der Waals surface area (Å²) in [5.74, 6) is 16.8. The van der Waals surface area contributed by atoms with Crippen LogP contribution < -0.4 is 0 Å². The maximum absolute atomic E-state index is 2.42. The molecule has 0 spiro atoms. The van der Waals surface area contributed by atoms with Crippen LogP contribution in [0.25, 0.3) is 11.1 Å². The highest BCUT2D eigenvalue weighted by atomic mass is 14.4. The molecule has 0 nitrogen and oxygen atoms in total. The van der Waals surface area contributed by atoms with Crippen molar-refractivity contribution in [2.24, 2.45) is 82.9 Å². The first-order valence-electron chi connectivity index (χ1n) is 45.3. The van der Waals surface area contributed by atoms with Crippen molar-refractivity contribution in [1.29, 1.82) is 0 Å². The van der Waals surface area contributed by atoms with Crippen LogP contribution >= 0.6 is 0 Å². The second-order valence-electron chi connectivity index (χ2n) is 36.0. The normalized spacial score (nSPS) is 30.1. The van der Waals surface area contributed by atoms with Gasteiger partial charge in [0.2, 0.25) is 0 Å². The van der Waals surface area contributed by atoms with Crippen LogP contribution in [0.2, 0.25) is 0 Å². The summed E-state index contributed by atoms with van der Waals surface area (Å²) in [6, 6.07) is 36.7. The third-order valence-electron chi connectivity index (χ3n) is 28.8. The minimum Gasteiger partial charge on any atom is -0.0654 e. The summed E-state index contributed by atoms with van der Waals surface area (Å²) in [6.07, 6.45) is 73.8. The molecule has 0 saturated heterocycles. The molecule has 4 aromatic rings. The Balaban J connectivity index is 0.000000160. The zero-order valence-electron chi connectivity index (χ0n) is 67.8. The highest BCUT2D eigenvalue weighted by molar-refractivity contribution is 5.64. The Hall–Kier alpha value is -3.12. The molecule has 562 valence electrons. The first-order chi connectivity index (χ1) is 49.0. The van der Waals surface area contributed by atoms with Crippen LogP contribution in [-0.2, 0) is 12.8 Å². The van der Waals surface area contributed by atoms with Crippen molar-refractivity contribution in [3.63, 3.8) is 0 Å². The van der Waals surface area contributed by atoms with Crippen LogP contribution in [0.15, 0.2) is 97.1 Å². The summed E-state index contributed by atoms with van der Waals surface area (Å²) in [6.45, 7) is 22.9. The standard InChI is InChI=1S/C24H38.C22H34.C19H36.C18H22.C17H32/c1-3-5-19-7-11-21(12-8-19)23-15-17-24(18-16-23)22-13-9-20(6-4-2)10-14-22;1-3-4-18-7-11-20(12-8-18)22-15-13-21(14-16-22)19-9-5-17(2)6-10-19;1-3-5-7-17-10-14-19(15-11-17)18-12-8-16(6-4-2)9-13-18;1-3-4-5-6-16-9-13-18(14-10-16)17-11-7-15(2)8-12-17;1-3-5-15-8-12-17(13-9-15)16-10-6-14(4-2)7-11-16/h7-8,11-12,20,22-24H,3-6,9-10,13-18H2,1-2H3;5-6,9-10,18,20-22H,3-4,7-8,11-16H2,1-2H3;16-19H,3-15H2,1-2H3;7-14H,3-6H2,1-2H3;14-17H,3-13H2,1-2H3. The fraction of sp³-hybridized carbons (Fsp3) is 0.760. The van der Waals surface area contributed by atoms with Gasteiger partial charge in [0.15, 0.2) is 0 Å². The molecule has 0 radical (unpaired) electrons. The summed E-state index contributed by atoms with van der Waals surface area (Å²) in [7, 11) is 0. The first kappa shape index (κ1) is 82.5. The molecule has 100 heavy (non-hydrogen) atoms. The maximum atomic E-state index is 2.42. The van der Waals surface area contributed by atoms with Gasteiger partial charge in [-0.15, -0.1) is 0 Å². The Bertz CT molecular complexity index is 2590. The number of hydrogen-bond acceptors (Lipinski definition) is 0. The summed E-state index contributed by atoms with van der Waals surface area (Å²) < 4.78 is 0. The van der Waals surface area contributed by atoms with Gasteiger partial charge < -0.3 is 0 Å². The van der Waals surface area contributed by atoms with Gasteiger partial charge in [0.05, 0.1) is 0 Å². The van der Waals surface area contributed by atoms with Gasteiger partial charge in [-0.2, -0.15) is 0 Å². The highest BCUT2D eigenvalue weighted by Crippen LogP contribution is 2.48. The second kappa shape index (κ2) is 47.4. The van der Waals surface area contributed by atoms with Gasteiger partial charge in [0.1, 0.15) is 0 Å². The fourth-order valence-corrected chi connectivity index (χ4v) is 22.1. The molecule has 0 N–H and O–H groups in total. The van der Waals surface area contributed by atoms with E-state index in [4.69, 9.17) is 0 Å². The van der Waals surface area contributed by atoms with Crippen molar-refractivity contribution >= 4 is 0 Å². The summed E-state index contributed by atoms with van der Waals surface area (Å²) in [5.41, 5.74) is 11.5. The number of benzene rings is 4. The Morgan fingerprint density at radius 1 is 0.220 bits per heavy atom. The van der Waals surface area contributed by atoms with E-state index in [0.29, 0.717) is 0 Å². The molecule has 0 aliphatic heterocycles. The molecule has 8 aliphatic rings. The quantitative estimate of drug-likeness (QED) is 0.0580. The Morgan fingerprint density at radius 3 is 0.780 bits per heavy atom. The number of aryl methyl sites for hydroxylation is 4. The molecule has 4 aromatic carbocycles. The van der Waals surface area contributed by atoms with Crippen LogP contribution in [0.4, 0.5) is 0 Å². The van der Waals surface area contributed by atoms with Crippen LogP contribution in [0, 0.1) is 96.7 Å². The lowest BCUT2D eigenvalue weighted by Crippen LogP contribution is -2.25. The van der Waals surface area contributed by atoms with Gasteiger partial charge in [-0.25, -0.2) is 0 Å². The van der Waals surface area contributed by atoms with E-state index in [1.807, 2.05) is 0 Å². The van der Waals surface area contributed by atoms with Gasteiger partial charge >= 0.3 is 0 Å². The van der Waals surface area contributed by atoms with E-state index >= 15 is 0 Å². The molecule has 0 heteroatoms. The topological polar surface area (TPSA) is 0 Å². The van der Waals surface area contributed by atoms with Crippen molar-refractivity contribution in [3.8, 4) is 11.1 Å². The number of hydrogen-bond donors (Lipinski definition) is 0. The predicted octanol–water partition coefficient (Wildman–Crippen LogP) is 32.2. The highest BCUT2D eigenvalue weighted by Gasteiger charge is 2.35. The van der Waals surface area contributed by atoms with Crippen LogP contribution in [0.3, 0.4) is 0 Å². The zero-order chi connectivity index (χ0) is 70.5. The third kappa shape index (κ3) is 28.6. The monoisotopic (exact) mass is 1360 g/mol. The summed E-state index contributed by atoms with van der Waals surface area (Å²) in [5, 5.41) is 0. The SMILES string of the molecule is CCCC1CCC(C2CCC(CC)CC2)CC1.CCCC1CCC(C2CCC(c3ccc(C)cc3)CC2)CC1.CCCCC1CCC(C2CCC(CCC)CC2)CC1.CCCCCc1ccc(-c2ccc(C)cc2)cc1.CCCc1ccc(C2CCC(C3CCC(CCC)CC3)CC2)cc1. The van der Waals surface area contributed by atoms with Crippen LogP contribution in [0.5, 0.6) is 0 Å². The molecule has 0 bridgehead atoms. The number of unbranched alkanes of at least 4 members (excludes halogenated alkanes) is 3. The van der Waals surface area contributed by atoms with Crippen molar-refractivity contribution in [2.75, 3.05) is 0 Å². The zero-order valence-corrected chi connectivity index (χ0v) is 67.8. The molecular weight excluding hydrogens is 1200 g/mol. The average Bonchev–Trinajstić information content (AvgIpc) is 0.939. The average molecular weight is 1360 g/mol. The predicted molar refractivity (Wildman–Crippen MR) is 443 cm³/mol. The fourth-order valence-electron chi connectivity index (χ4n) is 22.1. The lowest BCUT2D eigenvalue weighted by molar-refractivity contribution is 0.140. The molecule has 0 heterocycles. The molecular formula is C100H162. The van der Waals surface area contributed by atoms with E-state index in [0.717, 1.165) is 94.7 Å². The van der Waals surface area contributed by atoms with Crippen molar-refractivity contribution < 1.29 is 0 Å². The van der Waals surface area contributed by atoms with Gasteiger partial charge in [0, 0.05) is 0 Å². The van der Waals surface area contributed by atoms with E-state index in [1.165, 1.54) is 265 Å². The lowest BCUT2D eigenvalue weighted by atomic mass is 9.68. The molecule has 8 aliphatic carbocycles. The molecule has 12 rings (SSSR count). The van der Waals surface area contributed by atoms with E-state index < -0.39 is 0 Å². The Morgan fingerprint density at radius 2 is 0.480 bits per heavy atom. The first-order valence-corrected chi connectivity index (χ1v) is 45.3. The molecule has 0 unspecified atom stereocenters. The van der Waals surface area contributed by atoms with Crippen molar-refractivity contribution in [2.45, 2.75) is 402 Å². The second-order valence-corrected chi connectivity index (χ2v) is 36.0. The minimum absolute atomic E-state index is 0.841. The molecule has 0 atom stereocenters. The maximum Gasteiger partial charge on any atom is -0.0162 e. The van der Waals surface area contributed by atoms with Gasteiger partial charge in [-0.1, -0.05) is 337 Å². The molecule has 0 aromatic heterocycles. The Labute approximate surface area is 622 Å². The largest absolute Gasteiger partial charge is 0.0654 e. The van der Waals surface area contributed by atoms with E-state index in [-0.39, 0.29) is 0 Å². The lowest BCUT2D eigenvalue weighted by Gasteiger charge is -2.38. The van der Waals surface area contributed by atoms with Crippen LogP contribution in [-0.4, -0.2) is 0 Å². The van der Waals surface area contributed by atoms with Crippen molar-refractivity contribution in [3.05, 3.63) is 130 Å². The summed E-state index contributed by atoms with van der Waals surface area (Å²) in [4.78, 5) is 0. The van der Waals surface area contributed by atoms with Gasteiger partial charge in [0.25, 0.3) is 0 Å². The molecule has 8 saturated carbocycles. The third-order valence-corrected chi connectivity index (χ3v) is 28.8. The van der Waals surface area contributed by atoms with E-state index in [2.05, 4.69) is 166 Å². The van der Waals surface area contributed by atoms with E-state index in [1.54, 1.807) is 101 Å². The minimum atomic E-state index is 0.841. The Kier molecular flexibility index (Phi) is 39.2. The van der Waals surface area contributed by atoms with Gasteiger partial charge in [-0.05, 0) is 290 Å². The van der Waals surface area contributed by atoms with Crippen molar-refractivity contribution in [1.82, 2.24) is 0 Å².